The van der Waals surface area contributed by atoms with Crippen LogP contribution >= 0.6 is 0 Å². The highest BCUT2D eigenvalue weighted by atomic mass is 19.2. The van der Waals surface area contributed by atoms with Crippen molar-refractivity contribution in [3.05, 3.63) is 75.2 Å². The van der Waals surface area contributed by atoms with Gasteiger partial charge in [0.2, 0.25) is 23.0 Å². The van der Waals surface area contributed by atoms with Crippen LogP contribution in [0.1, 0.15) is 43.4 Å². The molecule has 1 atom stereocenters. The van der Waals surface area contributed by atoms with Crippen molar-refractivity contribution in [2.24, 2.45) is 0 Å². The molecule has 0 aliphatic heterocycles. The molecular weight excluding hydrogens is 567 g/mol. The monoisotopic (exact) mass is 599 g/mol. The average Bonchev–Trinajstić information content (AvgIpc) is 3.21. The number of fused-ring (bicyclic) bond motifs is 3. The SMILES string of the molecule is COc1cc2c(c(OC)c1OC)-c1ccc(NCCCC(=O)Nc3cc(F)c(F)c(F)c3)c(=O)cc1C(NC(C)=O)CC2. The first-order valence-electron chi connectivity index (χ1n) is 13.5. The summed E-state index contributed by atoms with van der Waals surface area (Å²) in [5.41, 5.74) is 2.62. The summed E-state index contributed by atoms with van der Waals surface area (Å²) < 4.78 is 56.9. The number of rotatable bonds is 10. The van der Waals surface area contributed by atoms with Crippen molar-refractivity contribution >= 4 is 23.2 Å². The number of benzene rings is 2. The molecule has 4 rings (SSSR count). The van der Waals surface area contributed by atoms with Crippen molar-refractivity contribution in [2.75, 3.05) is 38.5 Å². The Morgan fingerprint density at radius 2 is 1.65 bits per heavy atom. The first-order valence-corrected chi connectivity index (χ1v) is 13.5. The van der Waals surface area contributed by atoms with E-state index < -0.39 is 29.4 Å². The van der Waals surface area contributed by atoms with Gasteiger partial charge in [-0.15, -0.1) is 0 Å². The zero-order chi connectivity index (χ0) is 31.3. The minimum absolute atomic E-state index is 0.0337. The van der Waals surface area contributed by atoms with Crippen LogP contribution in [0.4, 0.5) is 24.5 Å². The molecule has 0 saturated carbocycles. The first-order chi connectivity index (χ1) is 20.6. The van der Waals surface area contributed by atoms with E-state index in [9.17, 15) is 27.6 Å². The summed E-state index contributed by atoms with van der Waals surface area (Å²) in [6.07, 6.45) is 1.32. The molecule has 0 heterocycles. The van der Waals surface area contributed by atoms with E-state index in [0.717, 1.165) is 11.1 Å². The summed E-state index contributed by atoms with van der Waals surface area (Å²) in [5.74, 6) is -3.90. The van der Waals surface area contributed by atoms with Crippen molar-refractivity contribution in [1.82, 2.24) is 5.32 Å². The molecule has 228 valence electrons. The van der Waals surface area contributed by atoms with Gasteiger partial charge in [-0.25, -0.2) is 13.2 Å². The zero-order valence-electron chi connectivity index (χ0n) is 24.2. The van der Waals surface area contributed by atoms with Crippen LogP contribution in [0.3, 0.4) is 0 Å². The van der Waals surface area contributed by atoms with Gasteiger partial charge in [0.05, 0.1) is 33.1 Å². The number of amides is 2. The average molecular weight is 600 g/mol. The highest BCUT2D eigenvalue weighted by Crippen LogP contribution is 2.50. The standard InChI is InChI=1S/C31H32F3N3O6/c1-16(38)36-23-9-7-17-12-26(41-2)30(42-3)31(43-4)28(17)19-8-10-24(25(39)15-20(19)23)35-11-5-6-27(40)37-18-13-21(32)29(34)22(33)14-18/h8,10,12-15,23H,5-7,9,11H2,1-4H3,(H,35,39)(H,36,38)(H,37,40). The van der Waals surface area contributed by atoms with Crippen LogP contribution in [-0.4, -0.2) is 39.7 Å². The summed E-state index contributed by atoms with van der Waals surface area (Å²) in [6, 6.07) is 7.67. The Morgan fingerprint density at radius 3 is 2.28 bits per heavy atom. The quantitative estimate of drug-likeness (QED) is 0.219. The van der Waals surface area contributed by atoms with Gasteiger partial charge in [0.25, 0.3) is 0 Å². The number of aryl methyl sites for hydroxylation is 1. The van der Waals surface area contributed by atoms with Crippen LogP contribution in [0.2, 0.25) is 0 Å². The van der Waals surface area contributed by atoms with Gasteiger partial charge in [0.1, 0.15) is 0 Å². The molecule has 1 aliphatic carbocycles. The van der Waals surface area contributed by atoms with E-state index in [1.165, 1.54) is 34.3 Å². The minimum atomic E-state index is -1.62. The molecule has 0 saturated heterocycles. The van der Waals surface area contributed by atoms with Crippen LogP contribution < -0.4 is 35.6 Å². The Labute approximate surface area is 246 Å². The van der Waals surface area contributed by atoms with Gasteiger partial charge in [-0.1, -0.05) is 6.07 Å². The zero-order valence-corrected chi connectivity index (χ0v) is 24.2. The summed E-state index contributed by atoms with van der Waals surface area (Å²) in [5, 5.41) is 8.32. The van der Waals surface area contributed by atoms with E-state index in [0.29, 0.717) is 53.3 Å². The molecule has 0 aromatic heterocycles. The summed E-state index contributed by atoms with van der Waals surface area (Å²) in [6.45, 7) is 1.64. The fourth-order valence-electron chi connectivity index (χ4n) is 5.18. The molecule has 0 spiro atoms. The molecule has 3 N–H and O–H groups in total. The Bertz CT molecular complexity index is 1590. The lowest BCUT2D eigenvalue weighted by atomic mass is 9.95. The van der Waals surface area contributed by atoms with E-state index >= 15 is 0 Å². The summed E-state index contributed by atoms with van der Waals surface area (Å²) in [4.78, 5) is 37.7. The first kappa shape index (κ1) is 31.2. The second-order valence-electron chi connectivity index (χ2n) is 9.93. The molecule has 43 heavy (non-hydrogen) atoms. The van der Waals surface area contributed by atoms with Gasteiger partial charge in [-0.2, -0.15) is 0 Å². The third-order valence-corrected chi connectivity index (χ3v) is 7.08. The number of anilines is 2. The van der Waals surface area contributed by atoms with Crippen molar-refractivity contribution < 1.29 is 37.0 Å². The van der Waals surface area contributed by atoms with Gasteiger partial charge in [-0.3, -0.25) is 14.4 Å². The Kier molecular flexibility index (Phi) is 9.79. The lowest BCUT2D eigenvalue weighted by Gasteiger charge is -2.19. The van der Waals surface area contributed by atoms with Crippen LogP contribution in [-0.2, 0) is 16.0 Å². The molecule has 0 fully saturated rings. The van der Waals surface area contributed by atoms with Crippen molar-refractivity contribution in [1.29, 1.82) is 0 Å². The predicted molar refractivity (Wildman–Crippen MR) is 155 cm³/mol. The topological polar surface area (TPSA) is 115 Å². The van der Waals surface area contributed by atoms with E-state index in [4.69, 9.17) is 14.2 Å². The molecule has 1 aliphatic rings. The van der Waals surface area contributed by atoms with E-state index in [1.807, 2.05) is 6.07 Å². The number of hydrogen-bond donors (Lipinski definition) is 3. The largest absolute Gasteiger partial charge is 0.493 e. The number of nitrogens with one attached hydrogen (secondary N) is 3. The van der Waals surface area contributed by atoms with Gasteiger partial charge in [0.15, 0.2) is 29.0 Å². The Morgan fingerprint density at radius 1 is 0.953 bits per heavy atom. The van der Waals surface area contributed by atoms with Crippen molar-refractivity contribution in [3.8, 4) is 28.4 Å². The van der Waals surface area contributed by atoms with Gasteiger partial charge in [0, 0.05) is 43.3 Å². The predicted octanol–water partition coefficient (Wildman–Crippen LogP) is 5.11. The second-order valence-corrected chi connectivity index (χ2v) is 9.93. The molecule has 3 aromatic carbocycles. The third kappa shape index (κ3) is 6.85. The molecule has 3 aromatic rings. The van der Waals surface area contributed by atoms with Gasteiger partial charge >= 0.3 is 0 Å². The summed E-state index contributed by atoms with van der Waals surface area (Å²) in [7, 11) is 4.55. The smallest absolute Gasteiger partial charge is 0.224 e. The van der Waals surface area contributed by atoms with E-state index in [1.54, 1.807) is 12.1 Å². The molecular formula is C31H32F3N3O6. The number of halogens is 3. The fraction of sp³-hybridized carbons (Fsp3) is 0.323. The van der Waals surface area contributed by atoms with Crippen LogP contribution in [0.25, 0.3) is 11.1 Å². The highest BCUT2D eigenvalue weighted by molar-refractivity contribution is 5.90. The number of hydrogen-bond acceptors (Lipinski definition) is 7. The van der Waals surface area contributed by atoms with Crippen LogP contribution in [0, 0.1) is 17.5 Å². The third-order valence-electron chi connectivity index (χ3n) is 7.08. The van der Waals surface area contributed by atoms with Crippen LogP contribution in [0.15, 0.2) is 41.2 Å². The Hall–Kier alpha value is -4.74. The second kappa shape index (κ2) is 13.5. The molecule has 1 unspecified atom stereocenters. The lowest BCUT2D eigenvalue weighted by Crippen LogP contribution is -2.26. The molecule has 12 heteroatoms. The molecule has 9 nitrogen and oxygen atoms in total. The molecule has 2 amide bonds. The number of carbonyl (C=O) groups excluding carboxylic acids is 2. The molecule has 0 bridgehead atoms. The van der Waals surface area contributed by atoms with Gasteiger partial charge < -0.3 is 30.2 Å². The van der Waals surface area contributed by atoms with Crippen LogP contribution in [0.5, 0.6) is 17.2 Å². The minimum Gasteiger partial charge on any atom is -0.493 e. The van der Waals surface area contributed by atoms with Crippen molar-refractivity contribution in [3.63, 3.8) is 0 Å². The Balaban J connectivity index is 1.60. The lowest BCUT2D eigenvalue weighted by molar-refractivity contribution is -0.119. The maximum Gasteiger partial charge on any atom is 0.224 e. The highest BCUT2D eigenvalue weighted by Gasteiger charge is 2.29. The van der Waals surface area contributed by atoms with Gasteiger partial charge in [-0.05, 0) is 54.2 Å². The van der Waals surface area contributed by atoms with E-state index in [2.05, 4.69) is 16.0 Å². The number of methoxy groups -OCH3 is 3. The maximum absolute atomic E-state index is 13.4. The van der Waals surface area contributed by atoms with E-state index in [-0.39, 0.29) is 42.1 Å². The maximum atomic E-state index is 13.4. The fourth-order valence-corrected chi connectivity index (χ4v) is 5.18. The number of ether oxygens (including phenoxy) is 3. The normalized spacial score (nSPS) is 13.6. The summed E-state index contributed by atoms with van der Waals surface area (Å²) >= 11 is 0. The number of carbonyl (C=O) groups is 2. The van der Waals surface area contributed by atoms with Crippen molar-refractivity contribution in [2.45, 2.75) is 38.6 Å². The molecule has 0 radical (unpaired) electrons.